The summed E-state index contributed by atoms with van der Waals surface area (Å²) in [6.45, 7) is 3.85. The molecule has 0 N–H and O–H groups in total. The molecule has 12 heteroatoms. The molecule has 0 fully saturated rings. The van der Waals surface area contributed by atoms with E-state index in [2.05, 4.69) is 32.1 Å². The summed E-state index contributed by atoms with van der Waals surface area (Å²) in [4.78, 5) is 58.3. The van der Waals surface area contributed by atoms with Gasteiger partial charge in [-0.15, -0.1) is 0 Å². The summed E-state index contributed by atoms with van der Waals surface area (Å²) in [6.07, 6.45) is 6.47. The summed E-state index contributed by atoms with van der Waals surface area (Å²) in [5.41, 5.74) is 12.8. The standard InChI is InChI=1S/C44H28N12/c1-25-26(2)50-44-43(49-25)55-35(29-16-10-5-11-17-29)38(56-44)32-23-30(36-33(27-12-6-3-7-13-27)51-39-41(53-36)47-20-18-45-39)22-31(24-32)37-34(28-14-8-4-9-15-28)52-40-42(54-37)48-21-19-46-40/h3-24H,1-2H3. The Morgan fingerprint density at radius 2 is 0.518 bits per heavy atom. The molecule has 0 spiro atoms. The molecule has 56 heavy (non-hydrogen) atoms. The third kappa shape index (κ3) is 5.91. The Labute approximate surface area is 319 Å². The topological polar surface area (TPSA) is 155 Å². The zero-order valence-corrected chi connectivity index (χ0v) is 30.1. The molecule has 0 saturated heterocycles. The van der Waals surface area contributed by atoms with Gasteiger partial charge in [-0.05, 0) is 32.0 Å². The van der Waals surface area contributed by atoms with Crippen LogP contribution in [0.5, 0.6) is 0 Å². The van der Waals surface area contributed by atoms with Gasteiger partial charge in [-0.1, -0.05) is 91.0 Å². The average Bonchev–Trinajstić information content (AvgIpc) is 3.26. The van der Waals surface area contributed by atoms with Gasteiger partial charge in [-0.2, -0.15) is 0 Å². The highest BCUT2D eigenvalue weighted by atomic mass is 15.0. The number of aromatic nitrogens is 12. The van der Waals surface area contributed by atoms with Crippen molar-refractivity contribution in [3.05, 3.63) is 145 Å². The third-order valence-electron chi connectivity index (χ3n) is 9.47. The quantitative estimate of drug-likeness (QED) is 0.161. The number of benzene rings is 4. The van der Waals surface area contributed by atoms with Crippen molar-refractivity contribution in [3.8, 4) is 67.5 Å². The Hall–Kier alpha value is -7.86. The lowest BCUT2D eigenvalue weighted by Crippen LogP contribution is -2.03. The Morgan fingerprint density at radius 3 is 0.804 bits per heavy atom. The number of hydrogen-bond donors (Lipinski definition) is 0. The smallest absolute Gasteiger partial charge is 0.198 e. The molecule has 4 aromatic carbocycles. The van der Waals surface area contributed by atoms with E-state index in [1.54, 1.807) is 24.8 Å². The average molecular weight is 725 g/mol. The first kappa shape index (κ1) is 32.8. The van der Waals surface area contributed by atoms with E-state index in [-0.39, 0.29) is 0 Å². The number of nitrogens with zero attached hydrogens (tertiary/aromatic N) is 12. The number of rotatable bonds is 6. The van der Waals surface area contributed by atoms with Crippen LogP contribution in [0.4, 0.5) is 0 Å². The van der Waals surface area contributed by atoms with Crippen molar-refractivity contribution in [1.29, 1.82) is 0 Å². The maximum absolute atomic E-state index is 5.20. The van der Waals surface area contributed by atoms with Gasteiger partial charge in [0, 0.05) is 58.2 Å². The Kier molecular flexibility index (Phi) is 7.91. The van der Waals surface area contributed by atoms with Gasteiger partial charge in [0.25, 0.3) is 0 Å². The van der Waals surface area contributed by atoms with Crippen LogP contribution >= 0.6 is 0 Å². The van der Waals surface area contributed by atoms with Crippen LogP contribution in [0.25, 0.3) is 101 Å². The minimum atomic E-state index is 0.413. The minimum Gasteiger partial charge on any atom is -0.232 e. The number of aryl methyl sites for hydroxylation is 2. The minimum absolute atomic E-state index is 0.413. The molecular weight excluding hydrogens is 697 g/mol. The second-order valence-electron chi connectivity index (χ2n) is 13.1. The first-order valence-electron chi connectivity index (χ1n) is 17.9. The van der Waals surface area contributed by atoms with Crippen LogP contribution in [0.15, 0.2) is 134 Å². The van der Waals surface area contributed by atoms with Gasteiger partial charge in [0.15, 0.2) is 33.9 Å². The van der Waals surface area contributed by atoms with E-state index in [9.17, 15) is 0 Å². The molecule has 0 atom stereocenters. The van der Waals surface area contributed by atoms with Crippen molar-refractivity contribution < 1.29 is 0 Å². The summed E-state index contributed by atoms with van der Waals surface area (Å²) in [5.74, 6) is 0. The van der Waals surface area contributed by atoms with Crippen molar-refractivity contribution in [2.75, 3.05) is 0 Å². The second kappa shape index (κ2) is 13.5. The molecule has 12 nitrogen and oxygen atoms in total. The zero-order chi connectivity index (χ0) is 37.6. The maximum Gasteiger partial charge on any atom is 0.198 e. The summed E-state index contributed by atoms with van der Waals surface area (Å²) in [6, 6.07) is 36.0. The predicted octanol–water partition coefficient (Wildman–Crippen LogP) is 8.51. The van der Waals surface area contributed by atoms with Crippen molar-refractivity contribution >= 4 is 33.9 Å². The van der Waals surface area contributed by atoms with Gasteiger partial charge < -0.3 is 0 Å². The molecule has 0 saturated carbocycles. The summed E-state index contributed by atoms with van der Waals surface area (Å²) < 4.78 is 0. The summed E-state index contributed by atoms with van der Waals surface area (Å²) in [7, 11) is 0. The summed E-state index contributed by atoms with van der Waals surface area (Å²) in [5, 5.41) is 0. The second-order valence-corrected chi connectivity index (χ2v) is 13.1. The molecule has 6 aromatic heterocycles. The van der Waals surface area contributed by atoms with E-state index < -0.39 is 0 Å². The maximum atomic E-state index is 5.20. The lowest BCUT2D eigenvalue weighted by atomic mass is 9.94. The molecule has 0 radical (unpaired) electrons. The molecule has 0 amide bonds. The lowest BCUT2D eigenvalue weighted by molar-refractivity contribution is 1.06. The monoisotopic (exact) mass is 724 g/mol. The van der Waals surface area contributed by atoms with Crippen LogP contribution in [-0.2, 0) is 0 Å². The van der Waals surface area contributed by atoms with Gasteiger partial charge in [-0.3, -0.25) is 0 Å². The van der Waals surface area contributed by atoms with E-state index in [0.717, 1.165) is 44.8 Å². The fraction of sp³-hybridized carbons (Fsp3) is 0.0455. The van der Waals surface area contributed by atoms with Crippen molar-refractivity contribution in [3.63, 3.8) is 0 Å². The van der Waals surface area contributed by atoms with E-state index in [0.29, 0.717) is 68.0 Å². The van der Waals surface area contributed by atoms with Crippen molar-refractivity contribution in [1.82, 2.24) is 59.8 Å². The molecule has 0 bridgehead atoms. The van der Waals surface area contributed by atoms with Gasteiger partial charge in [0.1, 0.15) is 0 Å². The lowest BCUT2D eigenvalue weighted by Gasteiger charge is -2.16. The highest BCUT2D eigenvalue weighted by Crippen LogP contribution is 2.40. The molecule has 6 heterocycles. The van der Waals surface area contributed by atoms with Crippen LogP contribution < -0.4 is 0 Å². The van der Waals surface area contributed by atoms with Gasteiger partial charge in [0.2, 0.25) is 0 Å². The van der Waals surface area contributed by atoms with E-state index in [4.69, 9.17) is 39.9 Å². The normalized spacial score (nSPS) is 11.4. The van der Waals surface area contributed by atoms with E-state index in [1.165, 1.54) is 0 Å². The van der Waals surface area contributed by atoms with Crippen molar-refractivity contribution in [2.45, 2.75) is 13.8 Å². The van der Waals surface area contributed by atoms with Crippen LogP contribution in [-0.4, -0.2) is 59.8 Å². The Bertz CT molecular complexity index is 2960. The molecule has 0 aliphatic rings. The fourth-order valence-electron chi connectivity index (χ4n) is 6.68. The van der Waals surface area contributed by atoms with E-state index >= 15 is 0 Å². The molecule has 0 aliphatic carbocycles. The first-order valence-corrected chi connectivity index (χ1v) is 17.9. The Morgan fingerprint density at radius 1 is 0.268 bits per heavy atom. The molecule has 0 unspecified atom stereocenters. The Balaban J connectivity index is 1.32. The molecular formula is C44H28N12. The van der Waals surface area contributed by atoms with Crippen molar-refractivity contribution in [2.24, 2.45) is 0 Å². The van der Waals surface area contributed by atoms with Crippen LogP contribution in [0.3, 0.4) is 0 Å². The van der Waals surface area contributed by atoms with Crippen LogP contribution in [0, 0.1) is 13.8 Å². The SMILES string of the molecule is Cc1nc2nc(-c3ccccc3)c(-c3cc(-c4nc5nccnc5nc4-c4ccccc4)cc(-c4nc5nccnc5nc4-c4ccccc4)c3)nc2nc1C. The fourth-order valence-corrected chi connectivity index (χ4v) is 6.68. The van der Waals surface area contributed by atoms with Crippen LogP contribution in [0.2, 0.25) is 0 Å². The largest absolute Gasteiger partial charge is 0.232 e. The highest BCUT2D eigenvalue weighted by Gasteiger charge is 2.23. The molecule has 264 valence electrons. The zero-order valence-electron chi connectivity index (χ0n) is 30.1. The molecule has 0 aliphatic heterocycles. The summed E-state index contributed by atoms with van der Waals surface area (Å²) >= 11 is 0. The number of hydrogen-bond acceptors (Lipinski definition) is 12. The van der Waals surface area contributed by atoms with E-state index in [1.807, 2.05) is 111 Å². The van der Waals surface area contributed by atoms with Gasteiger partial charge >= 0.3 is 0 Å². The molecule has 10 aromatic rings. The highest BCUT2D eigenvalue weighted by molar-refractivity contribution is 5.93. The van der Waals surface area contributed by atoms with Crippen LogP contribution in [0.1, 0.15) is 11.4 Å². The van der Waals surface area contributed by atoms with Gasteiger partial charge in [-0.25, -0.2) is 59.8 Å². The first-order chi connectivity index (χ1) is 27.6. The third-order valence-corrected chi connectivity index (χ3v) is 9.47. The number of fused-ring (bicyclic) bond motifs is 3. The predicted molar refractivity (Wildman–Crippen MR) is 215 cm³/mol. The van der Waals surface area contributed by atoms with Gasteiger partial charge in [0.05, 0.1) is 45.6 Å². The molecule has 10 rings (SSSR count).